The Hall–Kier alpha value is -1.04. The normalized spacial score (nSPS) is 10.9. The molecule has 0 saturated carbocycles. The van der Waals surface area contributed by atoms with Crippen LogP contribution in [0, 0.1) is 13.8 Å². The van der Waals surface area contributed by atoms with E-state index >= 15 is 0 Å². The second-order valence-electron chi connectivity index (χ2n) is 3.18. The predicted octanol–water partition coefficient (Wildman–Crippen LogP) is 3.12. The van der Waals surface area contributed by atoms with E-state index in [1.807, 2.05) is 0 Å². The molecule has 0 saturated heterocycles. The van der Waals surface area contributed by atoms with Crippen molar-refractivity contribution >= 4 is 17.7 Å². The lowest BCUT2D eigenvalue weighted by molar-refractivity contribution is 0.0525. The van der Waals surface area contributed by atoms with Gasteiger partial charge >= 0.3 is 5.97 Å². The van der Waals surface area contributed by atoms with E-state index < -0.39 is 11.7 Å². The number of aromatic nitrogens is 1. The number of thioether (sulfide) groups is 1. The number of esters is 1. The Balaban J connectivity index is 3.02. The third-order valence-electron chi connectivity index (χ3n) is 2.08. The van der Waals surface area contributed by atoms with Gasteiger partial charge in [0.2, 0.25) is 0 Å². The molecule has 0 unspecified atom stereocenters. The van der Waals surface area contributed by atoms with Crippen molar-refractivity contribution in [1.29, 1.82) is 0 Å². The SMILES string of the molecule is CCOC(=O)c1c(C)[nH]c(SC(F)F)c1C. The number of alkyl halides is 2. The van der Waals surface area contributed by atoms with Crippen LogP contribution in [-0.2, 0) is 4.74 Å². The Morgan fingerprint density at radius 2 is 2.12 bits per heavy atom. The van der Waals surface area contributed by atoms with Crippen molar-refractivity contribution in [2.45, 2.75) is 31.6 Å². The number of hydrogen-bond donors (Lipinski definition) is 1. The molecule has 1 heterocycles. The van der Waals surface area contributed by atoms with Crippen LogP contribution in [0.1, 0.15) is 28.5 Å². The Bertz CT molecular complexity index is 390. The first-order chi connectivity index (χ1) is 7.47. The summed E-state index contributed by atoms with van der Waals surface area (Å²) < 4.78 is 29.3. The van der Waals surface area contributed by atoms with Gasteiger partial charge in [0.05, 0.1) is 17.2 Å². The summed E-state index contributed by atoms with van der Waals surface area (Å²) in [5, 5.41) is 0.315. The highest BCUT2D eigenvalue weighted by Gasteiger charge is 2.21. The third kappa shape index (κ3) is 2.75. The molecule has 0 aliphatic carbocycles. The summed E-state index contributed by atoms with van der Waals surface area (Å²) in [6.07, 6.45) is 0. The van der Waals surface area contributed by atoms with Crippen LogP contribution in [0.4, 0.5) is 8.78 Å². The molecule has 1 aromatic heterocycles. The second-order valence-corrected chi connectivity index (χ2v) is 4.18. The van der Waals surface area contributed by atoms with Gasteiger partial charge in [-0.25, -0.2) is 4.79 Å². The minimum Gasteiger partial charge on any atom is -0.462 e. The molecule has 0 spiro atoms. The average Bonchev–Trinajstić information content (AvgIpc) is 2.41. The van der Waals surface area contributed by atoms with Gasteiger partial charge in [0.25, 0.3) is 5.76 Å². The van der Waals surface area contributed by atoms with Gasteiger partial charge < -0.3 is 9.72 Å². The van der Waals surface area contributed by atoms with E-state index in [1.54, 1.807) is 20.8 Å². The molecule has 1 rings (SSSR count). The van der Waals surface area contributed by atoms with Gasteiger partial charge in [0.1, 0.15) is 0 Å². The predicted molar refractivity (Wildman–Crippen MR) is 58.1 cm³/mol. The maximum absolute atomic E-state index is 12.2. The van der Waals surface area contributed by atoms with Gasteiger partial charge in [-0.1, -0.05) is 0 Å². The van der Waals surface area contributed by atoms with E-state index in [2.05, 4.69) is 4.98 Å². The van der Waals surface area contributed by atoms with Crippen LogP contribution in [-0.4, -0.2) is 23.3 Å². The number of hydrogen-bond acceptors (Lipinski definition) is 3. The molecular weight excluding hydrogens is 236 g/mol. The van der Waals surface area contributed by atoms with Crippen LogP contribution in [0.25, 0.3) is 0 Å². The molecule has 6 heteroatoms. The van der Waals surface area contributed by atoms with Gasteiger partial charge in [0.15, 0.2) is 0 Å². The number of nitrogens with one attached hydrogen (secondary N) is 1. The van der Waals surface area contributed by atoms with Crippen molar-refractivity contribution in [2.24, 2.45) is 0 Å². The van der Waals surface area contributed by atoms with E-state index in [9.17, 15) is 13.6 Å². The highest BCUT2D eigenvalue weighted by atomic mass is 32.2. The van der Waals surface area contributed by atoms with Gasteiger partial charge in [-0.15, -0.1) is 0 Å². The largest absolute Gasteiger partial charge is 0.462 e. The van der Waals surface area contributed by atoms with Crippen molar-refractivity contribution in [3.8, 4) is 0 Å². The summed E-state index contributed by atoms with van der Waals surface area (Å²) in [7, 11) is 0. The number of carbonyl (C=O) groups is 1. The molecule has 0 aliphatic heterocycles. The number of aryl methyl sites for hydroxylation is 1. The molecule has 0 amide bonds. The standard InChI is InChI=1S/C10H13F2NO2S/c1-4-15-9(14)7-5(2)8(13-6(7)3)16-10(11)12/h10,13H,4H2,1-3H3. The van der Waals surface area contributed by atoms with E-state index in [1.165, 1.54) is 0 Å². The number of halogens is 2. The van der Waals surface area contributed by atoms with E-state index in [0.717, 1.165) is 0 Å². The van der Waals surface area contributed by atoms with Crippen LogP contribution >= 0.6 is 11.8 Å². The minimum absolute atomic E-state index is 0.264. The van der Waals surface area contributed by atoms with Crippen molar-refractivity contribution in [3.05, 3.63) is 16.8 Å². The van der Waals surface area contributed by atoms with Gasteiger partial charge in [-0.05, 0) is 38.1 Å². The second kappa shape index (κ2) is 5.34. The molecule has 0 aromatic carbocycles. The highest BCUT2D eigenvalue weighted by Crippen LogP contribution is 2.31. The zero-order valence-corrected chi connectivity index (χ0v) is 10.1. The van der Waals surface area contributed by atoms with Crippen LogP contribution in [0.2, 0.25) is 0 Å². The molecule has 16 heavy (non-hydrogen) atoms. The Kier molecular flexibility index (Phi) is 4.35. The highest BCUT2D eigenvalue weighted by molar-refractivity contribution is 7.99. The fraction of sp³-hybridized carbons (Fsp3) is 0.500. The van der Waals surface area contributed by atoms with Crippen LogP contribution in [0.15, 0.2) is 5.03 Å². The lowest BCUT2D eigenvalue weighted by Crippen LogP contribution is -2.06. The minimum atomic E-state index is -2.51. The quantitative estimate of drug-likeness (QED) is 0.658. The summed E-state index contributed by atoms with van der Waals surface area (Å²) in [6.45, 7) is 5.25. The number of H-pyrrole nitrogens is 1. The fourth-order valence-electron chi connectivity index (χ4n) is 1.44. The monoisotopic (exact) mass is 249 g/mol. The zero-order chi connectivity index (χ0) is 12.3. The first-order valence-electron chi connectivity index (χ1n) is 4.78. The van der Waals surface area contributed by atoms with Gasteiger partial charge in [-0.3, -0.25) is 0 Å². The van der Waals surface area contributed by atoms with Crippen LogP contribution < -0.4 is 0 Å². The summed E-state index contributed by atoms with van der Waals surface area (Å²) in [6, 6.07) is 0. The first kappa shape index (κ1) is 13.0. The summed E-state index contributed by atoms with van der Waals surface area (Å²) in [5.74, 6) is -2.98. The van der Waals surface area contributed by atoms with Gasteiger partial charge in [-0.2, -0.15) is 8.78 Å². The zero-order valence-electron chi connectivity index (χ0n) is 9.27. The lowest BCUT2D eigenvalue weighted by Gasteiger charge is -2.02. The average molecular weight is 249 g/mol. The molecule has 0 atom stereocenters. The summed E-state index contributed by atoms with van der Waals surface area (Å²) >= 11 is 0.399. The number of carbonyl (C=O) groups excluding carboxylic acids is 1. The molecule has 1 N–H and O–H groups in total. The van der Waals surface area contributed by atoms with Crippen molar-refractivity contribution in [2.75, 3.05) is 6.61 Å². The Morgan fingerprint density at radius 1 is 1.50 bits per heavy atom. The molecule has 1 aromatic rings. The molecule has 0 bridgehead atoms. The molecule has 0 radical (unpaired) electrons. The van der Waals surface area contributed by atoms with Gasteiger partial charge in [0, 0.05) is 5.69 Å². The summed E-state index contributed by atoms with van der Waals surface area (Å²) in [4.78, 5) is 14.3. The first-order valence-corrected chi connectivity index (χ1v) is 5.66. The Morgan fingerprint density at radius 3 is 2.62 bits per heavy atom. The topological polar surface area (TPSA) is 42.1 Å². The third-order valence-corrected chi connectivity index (χ3v) is 2.90. The smallest absolute Gasteiger partial charge is 0.340 e. The molecule has 90 valence electrons. The van der Waals surface area contributed by atoms with Crippen LogP contribution in [0.3, 0.4) is 0 Å². The molecule has 0 aliphatic rings. The number of ether oxygens (including phenoxy) is 1. The van der Waals surface area contributed by atoms with E-state index in [-0.39, 0.29) is 6.61 Å². The lowest BCUT2D eigenvalue weighted by atomic mass is 10.2. The van der Waals surface area contributed by atoms with Crippen molar-refractivity contribution < 1.29 is 18.3 Å². The summed E-state index contributed by atoms with van der Waals surface area (Å²) in [5.41, 5.74) is 1.42. The fourth-order valence-corrected chi connectivity index (χ4v) is 2.11. The maximum Gasteiger partial charge on any atom is 0.340 e. The van der Waals surface area contributed by atoms with Crippen LogP contribution in [0.5, 0.6) is 0 Å². The molecule has 3 nitrogen and oxygen atoms in total. The van der Waals surface area contributed by atoms with Crippen molar-refractivity contribution in [1.82, 2.24) is 4.98 Å². The Labute approximate surface area is 96.6 Å². The molecular formula is C10H13F2NO2S. The number of rotatable bonds is 4. The molecule has 0 fully saturated rings. The van der Waals surface area contributed by atoms with Crippen molar-refractivity contribution in [3.63, 3.8) is 0 Å². The number of aromatic amines is 1. The van der Waals surface area contributed by atoms with E-state index in [4.69, 9.17) is 4.74 Å². The maximum atomic E-state index is 12.2. The van der Waals surface area contributed by atoms with E-state index in [0.29, 0.717) is 33.6 Å².